The van der Waals surface area contributed by atoms with Gasteiger partial charge < -0.3 is 29.2 Å². The molecule has 2 atom stereocenters. The molecule has 0 fully saturated rings. The van der Waals surface area contributed by atoms with Crippen molar-refractivity contribution in [2.75, 3.05) is 33.5 Å². The Bertz CT molecular complexity index is 1640. The third kappa shape index (κ3) is 6.24. The van der Waals surface area contributed by atoms with Crippen LogP contribution in [0.3, 0.4) is 0 Å². The van der Waals surface area contributed by atoms with E-state index in [1.165, 1.54) is 22.2 Å². The number of nitrogens with one attached hydrogen (secondary N) is 2. The molecule has 2 heterocycles. The highest BCUT2D eigenvalue weighted by molar-refractivity contribution is 9.10. The lowest BCUT2D eigenvalue weighted by Crippen LogP contribution is -2.34. The van der Waals surface area contributed by atoms with Crippen LogP contribution in [0.15, 0.2) is 95.5 Å². The van der Waals surface area contributed by atoms with Crippen LogP contribution in [-0.4, -0.2) is 38.5 Å². The Morgan fingerprint density at radius 1 is 0.786 bits per heavy atom. The van der Waals surface area contributed by atoms with Crippen molar-refractivity contribution < 1.29 is 18.9 Å². The van der Waals surface area contributed by atoms with Crippen LogP contribution in [0.1, 0.15) is 41.3 Å². The van der Waals surface area contributed by atoms with Crippen LogP contribution in [0.25, 0.3) is 10.9 Å². The summed E-state index contributed by atoms with van der Waals surface area (Å²) in [7, 11) is 1.70. The number of fused-ring (bicyclic) bond motifs is 3. The molecule has 218 valence electrons. The van der Waals surface area contributed by atoms with Gasteiger partial charge in [-0.15, -0.1) is 12.4 Å². The van der Waals surface area contributed by atoms with Crippen LogP contribution in [0, 0.1) is 0 Å². The predicted molar refractivity (Wildman–Crippen MR) is 173 cm³/mol. The highest BCUT2D eigenvalue weighted by Crippen LogP contribution is 2.43. The molecule has 5 aromatic rings. The molecule has 1 aliphatic rings. The molecule has 1 aromatic heterocycles. The number of H-pyrrole nitrogens is 1. The largest absolute Gasteiger partial charge is 0.497 e. The van der Waals surface area contributed by atoms with Gasteiger partial charge in [0.2, 0.25) is 0 Å². The summed E-state index contributed by atoms with van der Waals surface area (Å²) in [4.78, 5) is 3.74. The Morgan fingerprint density at radius 3 is 2.36 bits per heavy atom. The van der Waals surface area contributed by atoms with Crippen LogP contribution in [0.5, 0.6) is 23.0 Å². The molecule has 0 bridgehead atoms. The van der Waals surface area contributed by atoms with Gasteiger partial charge in [-0.25, -0.2) is 0 Å². The number of benzene rings is 4. The van der Waals surface area contributed by atoms with Crippen LogP contribution in [0.2, 0.25) is 0 Å². The number of hydrogen-bond donors (Lipinski definition) is 2. The number of aromatic amines is 1. The first-order valence-electron chi connectivity index (χ1n) is 13.9. The Balaban J connectivity index is 0.00000353. The van der Waals surface area contributed by atoms with E-state index < -0.39 is 0 Å². The number of ether oxygens (including phenoxy) is 4. The van der Waals surface area contributed by atoms with Crippen molar-refractivity contribution in [3.8, 4) is 23.0 Å². The zero-order valence-corrected chi connectivity index (χ0v) is 26.0. The van der Waals surface area contributed by atoms with Gasteiger partial charge in [0.25, 0.3) is 0 Å². The van der Waals surface area contributed by atoms with Gasteiger partial charge >= 0.3 is 0 Å². The zero-order chi connectivity index (χ0) is 28.2. The van der Waals surface area contributed by atoms with Gasteiger partial charge in [-0.05, 0) is 72.1 Å². The van der Waals surface area contributed by atoms with E-state index >= 15 is 0 Å². The number of rotatable bonds is 10. The highest BCUT2D eigenvalue weighted by atomic mass is 79.9. The Morgan fingerprint density at radius 2 is 1.57 bits per heavy atom. The molecule has 2 N–H and O–H groups in total. The third-order valence-corrected chi connectivity index (χ3v) is 7.96. The van der Waals surface area contributed by atoms with Crippen LogP contribution in [-0.2, 0) is 0 Å². The number of para-hydroxylation sites is 1. The quantitative estimate of drug-likeness (QED) is 0.150. The fraction of sp³-hybridized carbons (Fsp3) is 0.235. The Labute approximate surface area is 260 Å². The molecule has 4 aromatic carbocycles. The second-order valence-corrected chi connectivity index (χ2v) is 10.9. The molecule has 1 aliphatic heterocycles. The Kier molecular flexibility index (Phi) is 9.62. The summed E-state index contributed by atoms with van der Waals surface area (Å²) in [6.45, 7) is 4.17. The summed E-state index contributed by atoms with van der Waals surface area (Å²) in [6, 6.07) is 30.9. The smallest absolute Gasteiger partial charge is 0.161 e. The van der Waals surface area contributed by atoms with Gasteiger partial charge in [0, 0.05) is 33.5 Å². The number of halogens is 2. The maximum absolute atomic E-state index is 6.10. The third-order valence-electron chi connectivity index (χ3n) is 7.46. The van der Waals surface area contributed by atoms with Crippen molar-refractivity contribution in [1.82, 2.24) is 10.3 Å². The average molecular weight is 650 g/mol. The Hall–Kier alpha value is -3.65. The standard InChI is InChI=1S/C34H33BrN2O4.ClH/c1-3-39-31-19-23(13-16-30(31)41-18-17-40-26-8-6-7-24(35)20-26)33-34-32(27-9-4-5-10-29(27)37-34)28(21-36-33)22-11-14-25(38-2)15-12-22;/h4-16,19-20,28,33,36-37H,3,17-18,21H2,1-2H3;1H. The fourth-order valence-electron chi connectivity index (χ4n) is 5.59. The molecule has 0 radical (unpaired) electrons. The first-order chi connectivity index (χ1) is 20.1. The van der Waals surface area contributed by atoms with E-state index in [2.05, 4.69) is 74.8 Å². The van der Waals surface area contributed by atoms with Crippen molar-refractivity contribution >= 4 is 39.2 Å². The molecule has 6 nitrogen and oxygen atoms in total. The number of hydrogen-bond acceptors (Lipinski definition) is 5. The van der Waals surface area contributed by atoms with Gasteiger partial charge in [-0.2, -0.15) is 0 Å². The van der Waals surface area contributed by atoms with Gasteiger partial charge in [-0.1, -0.05) is 58.4 Å². The lowest BCUT2D eigenvalue weighted by atomic mass is 9.83. The molecule has 0 amide bonds. The topological polar surface area (TPSA) is 64.7 Å². The molecule has 6 rings (SSSR count). The van der Waals surface area contributed by atoms with E-state index in [4.69, 9.17) is 18.9 Å². The maximum atomic E-state index is 6.10. The van der Waals surface area contributed by atoms with E-state index in [0.29, 0.717) is 25.6 Å². The molecule has 0 spiro atoms. The minimum atomic E-state index is -0.0139. The molecule has 8 heteroatoms. The van der Waals surface area contributed by atoms with E-state index in [9.17, 15) is 0 Å². The molecule has 0 saturated heterocycles. The number of methoxy groups -OCH3 is 1. The molecular formula is C34H34BrClN2O4. The van der Waals surface area contributed by atoms with Gasteiger partial charge in [0.05, 0.1) is 19.8 Å². The van der Waals surface area contributed by atoms with Gasteiger partial charge in [-0.3, -0.25) is 0 Å². The first kappa shape index (κ1) is 29.8. The maximum Gasteiger partial charge on any atom is 0.161 e. The molecule has 42 heavy (non-hydrogen) atoms. The van der Waals surface area contributed by atoms with Crippen molar-refractivity contribution in [3.63, 3.8) is 0 Å². The van der Waals surface area contributed by atoms with E-state index in [-0.39, 0.29) is 24.4 Å². The molecule has 0 aliphatic carbocycles. The summed E-state index contributed by atoms with van der Waals surface area (Å²) in [5, 5.41) is 5.07. The molecule has 0 saturated carbocycles. The minimum absolute atomic E-state index is 0. The van der Waals surface area contributed by atoms with E-state index in [1.807, 2.05) is 49.4 Å². The summed E-state index contributed by atoms with van der Waals surface area (Å²) in [5.41, 5.74) is 6.02. The van der Waals surface area contributed by atoms with Crippen LogP contribution in [0.4, 0.5) is 0 Å². The second-order valence-electron chi connectivity index (χ2n) is 9.96. The van der Waals surface area contributed by atoms with E-state index in [0.717, 1.165) is 39.3 Å². The van der Waals surface area contributed by atoms with Crippen molar-refractivity contribution in [2.45, 2.75) is 18.9 Å². The minimum Gasteiger partial charge on any atom is -0.497 e. The zero-order valence-electron chi connectivity index (χ0n) is 23.6. The predicted octanol–water partition coefficient (Wildman–Crippen LogP) is 8.04. The van der Waals surface area contributed by atoms with Crippen molar-refractivity contribution in [3.05, 3.63) is 118 Å². The highest BCUT2D eigenvalue weighted by Gasteiger charge is 2.32. The summed E-state index contributed by atoms with van der Waals surface area (Å²) in [5.74, 6) is 3.30. The molecule has 2 unspecified atom stereocenters. The first-order valence-corrected chi connectivity index (χ1v) is 14.7. The molecular weight excluding hydrogens is 616 g/mol. The van der Waals surface area contributed by atoms with Crippen LogP contribution < -0.4 is 24.3 Å². The lowest BCUT2D eigenvalue weighted by molar-refractivity contribution is 0.208. The summed E-state index contributed by atoms with van der Waals surface area (Å²) < 4.78 is 24.4. The van der Waals surface area contributed by atoms with Crippen molar-refractivity contribution in [1.29, 1.82) is 0 Å². The lowest BCUT2D eigenvalue weighted by Gasteiger charge is -2.31. The van der Waals surface area contributed by atoms with Crippen LogP contribution >= 0.6 is 28.3 Å². The normalized spacial score (nSPS) is 15.9. The SMILES string of the molecule is CCOc1cc(C2NCC(c3ccc(OC)cc3)c3c2[nH]c2ccccc32)ccc1OCCOc1cccc(Br)c1.Cl. The summed E-state index contributed by atoms with van der Waals surface area (Å²) in [6.07, 6.45) is 0. The van der Waals surface area contributed by atoms with Gasteiger partial charge in [0.15, 0.2) is 11.5 Å². The number of aromatic nitrogens is 1. The second kappa shape index (κ2) is 13.6. The van der Waals surface area contributed by atoms with Gasteiger partial charge in [0.1, 0.15) is 24.7 Å². The fourth-order valence-corrected chi connectivity index (χ4v) is 5.97. The average Bonchev–Trinajstić information content (AvgIpc) is 3.40. The monoisotopic (exact) mass is 648 g/mol. The van der Waals surface area contributed by atoms with E-state index in [1.54, 1.807) is 7.11 Å². The summed E-state index contributed by atoms with van der Waals surface area (Å²) >= 11 is 3.47. The van der Waals surface area contributed by atoms with Crippen molar-refractivity contribution in [2.24, 2.45) is 0 Å².